The van der Waals surface area contributed by atoms with Crippen LogP contribution in [0.4, 0.5) is 0 Å². The van der Waals surface area contributed by atoms with Crippen molar-refractivity contribution >= 4 is 29.9 Å². The standard InChI is InChI=1S/C26H42N6.HI/c1-7-27-26(29-20(3)16-25-21(4)30-31(6)22(25)5)28-17-23-12-14-32(15-13-23)18-24-10-8-19(2)9-11-24;/h8-11,20,23H,7,12-18H2,1-6H3,(H2,27,28,29);1H. The molecule has 2 N–H and O–H groups in total. The quantitative estimate of drug-likeness (QED) is 0.283. The first-order valence-corrected chi connectivity index (χ1v) is 12.2. The van der Waals surface area contributed by atoms with Crippen molar-refractivity contribution in [3.8, 4) is 0 Å². The van der Waals surface area contributed by atoms with E-state index in [0.717, 1.165) is 50.8 Å². The van der Waals surface area contributed by atoms with Crippen molar-refractivity contribution in [1.82, 2.24) is 25.3 Å². The Morgan fingerprint density at radius 2 is 1.82 bits per heavy atom. The topological polar surface area (TPSA) is 57.5 Å². The van der Waals surface area contributed by atoms with E-state index in [0.29, 0.717) is 12.0 Å². The summed E-state index contributed by atoms with van der Waals surface area (Å²) in [6, 6.07) is 9.24. The zero-order valence-corrected chi connectivity index (χ0v) is 23.6. The minimum atomic E-state index is 0. The van der Waals surface area contributed by atoms with Gasteiger partial charge in [-0.05, 0) is 84.0 Å². The maximum absolute atomic E-state index is 4.94. The first-order chi connectivity index (χ1) is 15.4. The number of benzene rings is 1. The van der Waals surface area contributed by atoms with Crippen LogP contribution in [0.2, 0.25) is 0 Å². The Hall–Kier alpha value is -1.61. The van der Waals surface area contributed by atoms with Gasteiger partial charge >= 0.3 is 0 Å². The Morgan fingerprint density at radius 3 is 2.39 bits per heavy atom. The molecule has 2 aromatic rings. The summed E-state index contributed by atoms with van der Waals surface area (Å²) in [5, 5.41) is 11.6. The molecule has 3 rings (SSSR count). The second-order valence-electron chi connectivity index (χ2n) is 9.45. The molecule has 184 valence electrons. The molecule has 0 saturated carbocycles. The zero-order chi connectivity index (χ0) is 23.1. The lowest BCUT2D eigenvalue weighted by molar-refractivity contribution is 0.180. The van der Waals surface area contributed by atoms with E-state index in [2.05, 4.69) is 79.5 Å². The first kappa shape index (κ1) is 27.6. The van der Waals surface area contributed by atoms with E-state index in [1.54, 1.807) is 0 Å². The van der Waals surface area contributed by atoms with Crippen LogP contribution < -0.4 is 10.6 Å². The molecule has 0 bridgehead atoms. The molecule has 1 aliphatic rings. The van der Waals surface area contributed by atoms with Gasteiger partial charge in [0.1, 0.15) is 0 Å². The van der Waals surface area contributed by atoms with Crippen molar-refractivity contribution in [3.63, 3.8) is 0 Å². The number of hydrogen-bond donors (Lipinski definition) is 2. The molecule has 0 spiro atoms. The summed E-state index contributed by atoms with van der Waals surface area (Å²) >= 11 is 0. The van der Waals surface area contributed by atoms with Gasteiger partial charge in [0.25, 0.3) is 0 Å². The fraction of sp³-hybridized carbons (Fsp3) is 0.615. The van der Waals surface area contributed by atoms with Crippen LogP contribution in [0.1, 0.15) is 54.8 Å². The lowest BCUT2D eigenvalue weighted by Gasteiger charge is -2.31. The summed E-state index contributed by atoms with van der Waals surface area (Å²) in [4.78, 5) is 7.52. The van der Waals surface area contributed by atoms with Crippen molar-refractivity contribution in [2.24, 2.45) is 18.0 Å². The highest BCUT2D eigenvalue weighted by Gasteiger charge is 2.20. The van der Waals surface area contributed by atoms with E-state index >= 15 is 0 Å². The second kappa shape index (κ2) is 13.3. The third-order valence-corrected chi connectivity index (χ3v) is 6.64. The summed E-state index contributed by atoms with van der Waals surface area (Å²) in [7, 11) is 2.02. The van der Waals surface area contributed by atoms with Crippen molar-refractivity contribution in [2.45, 2.75) is 66.5 Å². The van der Waals surface area contributed by atoms with Crippen molar-refractivity contribution in [1.29, 1.82) is 0 Å². The van der Waals surface area contributed by atoms with Crippen LogP contribution in [0.5, 0.6) is 0 Å². The SMILES string of the molecule is CCNC(=NCC1CCN(Cc2ccc(C)cc2)CC1)NC(C)Cc1c(C)nn(C)c1C.I. The summed E-state index contributed by atoms with van der Waals surface area (Å²) in [5.41, 5.74) is 6.45. The lowest BCUT2D eigenvalue weighted by atomic mass is 9.96. The Kier molecular flexibility index (Phi) is 11.2. The molecule has 0 aliphatic carbocycles. The van der Waals surface area contributed by atoms with Crippen LogP contribution in [0.15, 0.2) is 29.3 Å². The highest BCUT2D eigenvalue weighted by molar-refractivity contribution is 14.0. The Labute approximate surface area is 217 Å². The molecule has 6 nitrogen and oxygen atoms in total. The number of piperidine rings is 1. The Morgan fingerprint density at radius 1 is 1.15 bits per heavy atom. The van der Waals surface area contributed by atoms with Crippen molar-refractivity contribution < 1.29 is 0 Å². The largest absolute Gasteiger partial charge is 0.357 e. The van der Waals surface area contributed by atoms with E-state index < -0.39 is 0 Å². The van der Waals surface area contributed by atoms with Gasteiger partial charge in [-0.1, -0.05) is 29.8 Å². The number of guanidine groups is 1. The predicted octanol–water partition coefficient (Wildman–Crippen LogP) is 4.36. The zero-order valence-electron chi connectivity index (χ0n) is 21.3. The Balaban J connectivity index is 0.00000385. The van der Waals surface area contributed by atoms with E-state index in [9.17, 15) is 0 Å². The summed E-state index contributed by atoms with van der Waals surface area (Å²) < 4.78 is 1.97. The molecule has 1 atom stereocenters. The van der Waals surface area contributed by atoms with Crippen LogP contribution in [-0.2, 0) is 20.0 Å². The number of rotatable bonds is 8. The van der Waals surface area contributed by atoms with Gasteiger partial charge < -0.3 is 10.6 Å². The molecular formula is C26H43IN6. The van der Waals surface area contributed by atoms with Gasteiger partial charge in [0, 0.05) is 38.4 Å². The van der Waals surface area contributed by atoms with Gasteiger partial charge in [0.05, 0.1) is 5.69 Å². The predicted molar refractivity (Wildman–Crippen MR) is 150 cm³/mol. The third-order valence-electron chi connectivity index (χ3n) is 6.64. The molecular weight excluding hydrogens is 523 g/mol. The summed E-state index contributed by atoms with van der Waals surface area (Å²) in [6.07, 6.45) is 3.39. The molecule has 1 aromatic heterocycles. The van der Waals surface area contributed by atoms with Gasteiger partial charge in [0.15, 0.2) is 5.96 Å². The first-order valence-electron chi connectivity index (χ1n) is 12.2. The van der Waals surface area contributed by atoms with Crippen molar-refractivity contribution in [3.05, 3.63) is 52.3 Å². The molecule has 1 unspecified atom stereocenters. The van der Waals surface area contributed by atoms with Gasteiger partial charge in [-0.25, -0.2) is 0 Å². The maximum Gasteiger partial charge on any atom is 0.191 e. The van der Waals surface area contributed by atoms with E-state index in [1.165, 1.54) is 35.2 Å². The van der Waals surface area contributed by atoms with Crippen LogP contribution in [0.3, 0.4) is 0 Å². The summed E-state index contributed by atoms with van der Waals surface area (Å²) in [6.45, 7) is 15.9. The monoisotopic (exact) mass is 566 g/mol. The van der Waals surface area contributed by atoms with Crippen molar-refractivity contribution in [2.75, 3.05) is 26.2 Å². The third kappa shape index (κ3) is 8.28. The molecule has 0 amide bonds. The van der Waals surface area contributed by atoms with Gasteiger partial charge in [-0.3, -0.25) is 14.6 Å². The fourth-order valence-electron chi connectivity index (χ4n) is 4.52. The maximum atomic E-state index is 4.94. The average Bonchev–Trinajstić information content (AvgIpc) is 3.00. The molecule has 2 heterocycles. The van der Waals surface area contributed by atoms with Crippen LogP contribution in [-0.4, -0.2) is 52.9 Å². The van der Waals surface area contributed by atoms with E-state index in [1.807, 2.05) is 11.7 Å². The van der Waals surface area contributed by atoms with Crippen LogP contribution in [0, 0.1) is 26.7 Å². The minimum absolute atomic E-state index is 0. The van der Waals surface area contributed by atoms with Gasteiger partial charge in [-0.2, -0.15) is 5.10 Å². The summed E-state index contributed by atoms with van der Waals surface area (Å²) in [5.74, 6) is 1.60. The normalized spacial score (nSPS) is 16.4. The smallest absolute Gasteiger partial charge is 0.191 e. The fourth-order valence-corrected chi connectivity index (χ4v) is 4.52. The molecule has 0 radical (unpaired) electrons. The number of nitrogens with one attached hydrogen (secondary N) is 2. The highest BCUT2D eigenvalue weighted by Crippen LogP contribution is 2.20. The highest BCUT2D eigenvalue weighted by atomic mass is 127. The number of aromatic nitrogens is 2. The van der Waals surface area contributed by atoms with Crippen LogP contribution in [0.25, 0.3) is 0 Å². The number of aryl methyl sites for hydroxylation is 3. The van der Waals surface area contributed by atoms with Gasteiger partial charge in [-0.15, -0.1) is 24.0 Å². The molecule has 33 heavy (non-hydrogen) atoms. The number of aliphatic imine (C=N–C) groups is 1. The molecule has 1 aliphatic heterocycles. The average molecular weight is 567 g/mol. The van der Waals surface area contributed by atoms with E-state index in [-0.39, 0.29) is 24.0 Å². The van der Waals surface area contributed by atoms with Gasteiger partial charge in [0.2, 0.25) is 0 Å². The minimum Gasteiger partial charge on any atom is -0.357 e. The Bertz CT molecular complexity index is 881. The number of halogens is 1. The molecule has 1 aromatic carbocycles. The lowest BCUT2D eigenvalue weighted by Crippen LogP contribution is -2.43. The van der Waals surface area contributed by atoms with Crippen LogP contribution >= 0.6 is 24.0 Å². The second-order valence-corrected chi connectivity index (χ2v) is 9.45. The van der Waals surface area contributed by atoms with E-state index in [4.69, 9.17) is 4.99 Å². The molecule has 1 fully saturated rings. The number of likely N-dealkylation sites (tertiary alicyclic amines) is 1. The number of hydrogen-bond acceptors (Lipinski definition) is 3. The number of nitrogens with zero attached hydrogens (tertiary/aromatic N) is 4. The molecule has 7 heteroatoms. The molecule has 1 saturated heterocycles.